The van der Waals surface area contributed by atoms with E-state index in [4.69, 9.17) is 11.6 Å². The number of rotatable bonds is 3. The van der Waals surface area contributed by atoms with Gasteiger partial charge in [0.1, 0.15) is 0 Å². The number of H-pyrrole nitrogens is 1. The number of nitrogens with one attached hydrogen (secondary N) is 2. The maximum atomic E-state index is 6.02. The van der Waals surface area contributed by atoms with Crippen molar-refractivity contribution in [3.05, 3.63) is 65.3 Å². The van der Waals surface area contributed by atoms with E-state index in [1.807, 2.05) is 24.4 Å². The van der Waals surface area contributed by atoms with Crippen molar-refractivity contribution >= 4 is 28.2 Å². The fourth-order valence-corrected chi connectivity index (χ4v) is 2.45. The molecule has 3 rings (SSSR count). The number of anilines is 1. The highest BCUT2D eigenvalue weighted by Gasteiger charge is 2.06. The second-order valence-electron chi connectivity index (χ2n) is 4.70. The van der Waals surface area contributed by atoms with Crippen LogP contribution < -0.4 is 5.32 Å². The Morgan fingerprint density at radius 3 is 2.84 bits per heavy atom. The van der Waals surface area contributed by atoms with Crippen molar-refractivity contribution in [1.29, 1.82) is 0 Å². The molecular formula is C16H15ClN2. The van der Waals surface area contributed by atoms with Crippen molar-refractivity contribution in [3.8, 4) is 0 Å². The quantitative estimate of drug-likeness (QED) is 0.689. The largest absolute Gasteiger partial charge is 0.379 e. The van der Waals surface area contributed by atoms with Crippen molar-refractivity contribution in [2.24, 2.45) is 0 Å². The van der Waals surface area contributed by atoms with Crippen LogP contribution in [0.2, 0.25) is 5.02 Å². The van der Waals surface area contributed by atoms with Gasteiger partial charge in [0.25, 0.3) is 0 Å². The molecule has 96 valence electrons. The van der Waals surface area contributed by atoms with E-state index in [0.717, 1.165) is 16.2 Å². The lowest BCUT2D eigenvalue weighted by Gasteiger charge is -2.16. The molecule has 19 heavy (non-hydrogen) atoms. The summed E-state index contributed by atoms with van der Waals surface area (Å²) in [4.78, 5) is 3.19. The monoisotopic (exact) mass is 270 g/mol. The van der Waals surface area contributed by atoms with E-state index in [2.05, 4.69) is 47.6 Å². The zero-order valence-electron chi connectivity index (χ0n) is 10.7. The molecule has 0 amide bonds. The minimum Gasteiger partial charge on any atom is -0.379 e. The highest BCUT2D eigenvalue weighted by atomic mass is 35.5. The molecule has 0 aliphatic carbocycles. The Morgan fingerprint density at radius 1 is 1.11 bits per heavy atom. The molecule has 0 bridgehead atoms. The second kappa shape index (κ2) is 4.98. The average Bonchev–Trinajstić information content (AvgIpc) is 2.86. The third-order valence-corrected chi connectivity index (χ3v) is 3.52. The van der Waals surface area contributed by atoms with Crippen LogP contribution in [0.5, 0.6) is 0 Å². The number of aromatic nitrogens is 1. The molecule has 2 N–H and O–H groups in total. The van der Waals surface area contributed by atoms with Crippen LogP contribution in [-0.4, -0.2) is 4.98 Å². The van der Waals surface area contributed by atoms with E-state index in [1.54, 1.807) is 0 Å². The van der Waals surface area contributed by atoms with Gasteiger partial charge in [0.2, 0.25) is 0 Å². The van der Waals surface area contributed by atoms with Gasteiger partial charge in [-0.1, -0.05) is 23.7 Å². The molecule has 1 atom stereocenters. The van der Waals surface area contributed by atoms with Crippen molar-refractivity contribution in [2.45, 2.75) is 13.0 Å². The predicted molar refractivity (Wildman–Crippen MR) is 81.8 cm³/mol. The number of aromatic amines is 1. The Labute approximate surface area is 117 Å². The van der Waals surface area contributed by atoms with Crippen LogP contribution in [0.3, 0.4) is 0 Å². The zero-order chi connectivity index (χ0) is 13.2. The van der Waals surface area contributed by atoms with Crippen LogP contribution in [0.15, 0.2) is 54.7 Å². The second-order valence-corrected chi connectivity index (χ2v) is 5.14. The van der Waals surface area contributed by atoms with Gasteiger partial charge in [-0.2, -0.15) is 0 Å². The van der Waals surface area contributed by atoms with Crippen LogP contribution in [0.1, 0.15) is 18.5 Å². The predicted octanol–water partition coefficient (Wildman–Crippen LogP) is 4.99. The summed E-state index contributed by atoms with van der Waals surface area (Å²) in [7, 11) is 0. The molecule has 0 spiro atoms. The van der Waals surface area contributed by atoms with Gasteiger partial charge in [0, 0.05) is 33.9 Å². The van der Waals surface area contributed by atoms with Gasteiger partial charge in [0.15, 0.2) is 0 Å². The van der Waals surface area contributed by atoms with E-state index >= 15 is 0 Å². The molecule has 0 saturated heterocycles. The number of hydrogen-bond donors (Lipinski definition) is 2. The Morgan fingerprint density at radius 2 is 2.00 bits per heavy atom. The Bertz CT molecular complexity index is 703. The number of fused-ring (bicyclic) bond motifs is 1. The first-order chi connectivity index (χ1) is 9.22. The maximum absolute atomic E-state index is 6.02. The normalized spacial score (nSPS) is 12.5. The van der Waals surface area contributed by atoms with Crippen LogP contribution >= 0.6 is 11.6 Å². The molecule has 3 heteroatoms. The summed E-state index contributed by atoms with van der Waals surface area (Å²) in [5, 5.41) is 5.48. The standard InChI is InChI=1S/C16H15ClN2/c1-11(12-3-2-4-14(17)9-12)19-15-5-6-16-13(10-15)7-8-18-16/h2-11,18-19H,1H3. The van der Waals surface area contributed by atoms with E-state index in [1.165, 1.54) is 10.9 Å². The van der Waals surface area contributed by atoms with Crippen LogP contribution in [-0.2, 0) is 0 Å². The number of hydrogen-bond acceptors (Lipinski definition) is 1. The fourth-order valence-electron chi connectivity index (χ4n) is 2.25. The van der Waals surface area contributed by atoms with Crippen molar-refractivity contribution < 1.29 is 0 Å². The number of benzene rings is 2. The van der Waals surface area contributed by atoms with Gasteiger partial charge in [-0.25, -0.2) is 0 Å². The molecule has 0 aliphatic heterocycles. The molecule has 0 radical (unpaired) electrons. The maximum Gasteiger partial charge on any atom is 0.0486 e. The number of halogens is 1. The van der Waals surface area contributed by atoms with Crippen molar-refractivity contribution in [3.63, 3.8) is 0 Å². The summed E-state index contributed by atoms with van der Waals surface area (Å²) in [6.45, 7) is 2.13. The lowest BCUT2D eigenvalue weighted by atomic mass is 10.1. The molecule has 1 heterocycles. The van der Waals surface area contributed by atoms with Gasteiger partial charge < -0.3 is 10.3 Å². The molecule has 1 aromatic heterocycles. The average molecular weight is 271 g/mol. The molecule has 2 nitrogen and oxygen atoms in total. The van der Waals surface area contributed by atoms with Gasteiger partial charge in [-0.3, -0.25) is 0 Å². The summed E-state index contributed by atoms with van der Waals surface area (Å²) < 4.78 is 0. The Balaban J connectivity index is 1.83. The minimum absolute atomic E-state index is 0.218. The van der Waals surface area contributed by atoms with Crippen LogP contribution in [0, 0.1) is 0 Å². The first-order valence-electron chi connectivity index (χ1n) is 6.31. The summed E-state index contributed by atoms with van der Waals surface area (Å²) in [6.07, 6.45) is 1.95. The van der Waals surface area contributed by atoms with Crippen LogP contribution in [0.25, 0.3) is 10.9 Å². The summed E-state index contributed by atoms with van der Waals surface area (Å²) in [5.74, 6) is 0. The molecule has 1 unspecified atom stereocenters. The molecule has 0 fully saturated rings. The van der Waals surface area contributed by atoms with E-state index in [9.17, 15) is 0 Å². The smallest absolute Gasteiger partial charge is 0.0486 e. The molecule has 0 saturated carbocycles. The highest BCUT2D eigenvalue weighted by molar-refractivity contribution is 6.30. The summed E-state index contributed by atoms with van der Waals surface area (Å²) in [6, 6.07) is 16.6. The third kappa shape index (κ3) is 2.59. The third-order valence-electron chi connectivity index (χ3n) is 3.29. The molecule has 2 aromatic carbocycles. The lowest BCUT2D eigenvalue weighted by molar-refractivity contribution is 0.885. The molecular weight excluding hydrogens is 256 g/mol. The van der Waals surface area contributed by atoms with E-state index < -0.39 is 0 Å². The first kappa shape index (κ1) is 12.1. The fraction of sp³-hybridized carbons (Fsp3) is 0.125. The lowest BCUT2D eigenvalue weighted by Crippen LogP contribution is -2.06. The zero-order valence-corrected chi connectivity index (χ0v) is 11.4. The Kier molecular flexibility index (Phi) is 3.18. The van der Waals surface area contributed by atoms with E-state index in [-0.39, 0.29) is 6.04 Å². The van der Waals surface area contributed by atoms with Gasteiger partial charge in [-0.15, -0.1) is 0 Å². The molecule has 3 aromatic rings. The SMILES string of the molecule is CC(Nc1ccc2[nH]ccc2c1)c1cccc(Cl)c1. The van der Waals surface area contributed by atoms with Crippen molar-refractivity contribution in [2.75, 3.05) is 5.32 Å². The minimum atomic E-state index is 0.218. The van der Waals surface area contributed by atoms with Gasteiger partial charge in [-0.05, 0) is 48.9 Å². The first-order valence-corrected chi connectivity index (χ1v) is 6.69. The van der Waals surface area contributed by atoms with E-state index in [0.29, 0.717) is 0 Å². The van der Waals surface area contributed by atoms with Crippen LogP contribution in [0.4, 0.5) is 5.69 Å². The summed E-state index contributed by atoms with van der Waals surface area (Å²) in [5.41, 5.74) is 3.45. The Hall–Kier alpha value is -1.93. The molecule has 0 aliphatic rings. The van der Waals surface area contributed by atoms with Crippen molar-refractivity contribution in [1.82, 2.24) is 4.98 Å². The van der Waals surface area contributed by atoms with Gasteiger partial charge in [0.05, 0.1) is 0 Å². The highest BCUT2D eigenvalue weighted by Crippen LogP contribution is 2.24. The van der Waals surface area contributed by atoms with Gasteiger partial charge >= 0.3 is 0 Å². The summed E-state index contributed by atoms with van der Waals surface area (Å²) >= 11 is 6.02. The topological polar surface area (TPSA) is 27.8 Å².